The minimum atomic E-state index is -0.114. The van der Waals surface area contributed by atoms with Crippen molar-refractivity contribution in [1.29, 1.82) is 0 Å². The summed E-state index contributed by atoms with van der Waals surface area (Å²) < 4.78 is 3.70. The Bertz CT molecular complexity index is 1050. The summed E-state index contributed by atoms with van der Waals surface area (Å²) in [6, 6.07) is 5.08. The number of rotatable bonds is 4. The third-order valence-corrected chi connectivity index (χ3v) is 6.70. The number of hydrogen-bond donors (Lipinski definition) is 1. The fourth-order valence-corrected chi connectivity index (χ4v) is 5.02. The molecular formula is C21H27N7O. The Morgan fingerprint density at radius 1 is 1.28 bits per heavy atom. The molecule has 8 nitrogen and oxygen atoms in total. The SMILES string of the molecule is CCn1ncc(-c2ccnc3cc(C(=O)NC4CC5CCC(C4)N5C)nn23)c1C. The van der Waals surface area contributed by atoms with Crippen LogP contribution < -0.4 is 5.32 Å². The predicted octanol–water partition coefficient (Wildman–Crippen LogP) is 2.28. The second-order valence-corrected chi connectivity index (χ2v) is 8.28. The van der Waals surface area contributed by atoms with Gasteiger partial charge in [-0.1, -0.05) is 0 Å². The minimum Gasteiger partial charge on any atom is -0.348 e. The number of piperidine rings is 1. The maximum atomic E-state index is 12.9. The van der Waals surface area contributed by atoms with Gasteiger partial charge in [0.25, 0.3) is 5.91 Å². The van der Waals surface area contributed by atoms with Crippen molar-refractivity contribution in [3.63, 3.8) is 0 Å². The van der Waals surface area contributed by atoms with Gasteiger partial charge >= 0.3 is 0 Å². The molecule has 2 aliphatic heterocycles. The monoisotopic (exact) mass is 393 g/mol. The largest absolute Gasteiger partial charge is 0.348 e. The van der Waals surface area contributed by atoms with Crippen LogP contribution in [-0.4, -0.2) is 60.4 Å². The number of nitrogens with zero attached hydrogens (tertiary/aromatic N) is 6. The molecule has 2 unspecified atom stereocenters. The predicted molar refractivity (Wildman–Crippen MR) is 110 cm³/mol. The van der Waals surface area contributed by atoms with E-state index >= 15 is 0 Å². The van der Waals surface area contributed by atoms with E-state index in [0.717, 1.165) is 36.3 Å². The average Bonchev–Trinajstić information content (AvgIpc) is 3.36. The molecule has 8 heteroatoms. The summed E-state index contributed by atoms with van der Waals surface area (Å²) in [4.78, 5) is 19.8. The summed E-state index contributed by atoms with van der Waals surface area (Å²) >= 11 is 0. The fraction of sp³-hybridized carbons (Fsp3) is 0.524. The van der Waals surface area contributed by atoms with Gasteiger partial charge in [-0.05, 0) is 52.6 Å². The summed E-state index contributed by atoms with van der Waals surface area (Å²) in [6.07, 6.45) is 8.12. The molecule has 152 valence electrons. The van der Waals surface area contributed by atoms with Gasteiger partial charge < -0.3 is 10.2 Å². The number of nitrogens with one attached hydrogen (secondary N) is 1. The first-order valence-electron chi connectivity index (χ1n) is 10.5. The van der Waals surface area contributed by atoms with Crippen LogP contribution in [0, 0.1) is 6.92 Å². The van der Waals surface area contributed by atoms with Crippen LogP contribution in [0.3, 0.4) is 0 Å². The minimum absolute atomic E-state index is 0.114. The molecule has 2 atom stereocenters. The zero-order valence-electron chi connectivity index (χ0n) is 17.2. The van der Waals surface area contributed by atoms with Gasteiger partial charge in [0.2, 0.25) is 0 Å². The molecule has 2 saturated heterocycles. The molecule has 0 aromatic carbocycles. The van der Waals surface area contributed by atoms with Gasteiger partial charge in [-0.15, -0.1) is 0 Å². The van der Waals surface area contributed by atoms with Crippen LogP contribution in [0.5, 0.6) is 0 Å². The number of fused-ring (bicyclic) bond motifs is 3. The number of amides is 1. The lowest BCUT2D eigenvalue weighted by atomic mass is 9.98. The van der Waals surface area contributed by atoms with Crippen LogP contribution in [0.2, 0.25) is 0 Å². The topological polar surface area (TPSA) is 80.3 Å². The zero-order chi connectivity index (χ0) is 20.1. The van der Waals surface area contributed by atoms with E-state index in [-0.39, 0.29) is 11.9 Å². The van der Waals surface area contributed by atoms with Crippen molar-refractivity contribution in [1.82, 2.24) is 34.6 Å². The van der Waals surface area contributed by atoms with Crippen molar-refractivity contribution in [2.45, 2.75) is 64.2 Å². The highest BCUT2D eigenvalue weighted by Gasteiger charge is 2.39. The first kappa shape index (κ1) is 18.3. The van der Waals surface area contributed by atoms with E-state index in [4.69, 9.17) is 0 Å². The van der Waals surface area contributed by atoms with Crippen molar-refractivity contribution in [3.05, 3.63) is 35.9 Å². The molecule has 1 amide bonds. The second kappa shape index (κ2) is 6.95. The van der Waals surface area contributed by atoms with Crippen molar-refractivity contribution in [2.24, 2.45) is 0 Å². The lowest BCUT2D eigenvalue weighted by molar-refractivity contribution is 0.0877. The standard InChI is InChI=1S/C21H27N7O/c1-4-27-13(2)17(12-23-27)19-7-8-22-20-11-18(25-28(19)20)21(29)24-14-9-15-5-6-16(10-14)26(15)3/h7-8,11-12,14-16H,4-6,9-10H2,1-3H3,(H,24,29). The number of aromatic nitrogens is 5. The summed E-state index contributed by atoms with van der Waals surface area (Å²) in [7, 11) is 2.21. The first-order valence-corrected chi connectivity index (χ1v) is 10.5. The Morgan fingerprint density at radius 2 is 2.03 bits per heavy atom. The molecule has 3 aromatic heterocycles. The number of hydrogen-bond acceptors (Lipinski definition) is 5. The normalized spacial score (nSPS) is 24.3. The second-order valence-electron chi connectivity index (χ2n) is 8.28. The molecular weight excluding hydrogens is 366 g/mol. The molecule has 3 aromatic rings. The lowest BCUT2D eigenvalue weighted by Gasteiger charge is -2.36. The average molecular weight is 393 g/mol. The van der Waals surface area contributed by atoms with E-state index in [1.165, 1.54) is 12.8 Å². The van der Waals surface area contributed by atoms with Gasteiger partial charge in [0.05, 0.1) is 11.9 Å². The molecule has 1 N–H and O–H groups in total. The van der Waals surface area contributed by atoms with E-state index in [1.807, 2.05) is 23.9 Å². The van der Waals surface area contributed by atoms with E-state index in [0.29, 0.717) is 23.4 Å². The lowest BCUT2D eigenvalue weighted by Crippen LogP contribution is -2.48. The highest BCUT2D eigenvalue weighted by molar-refractivity contribution is 5.93. The maximum Gasteiger partial charge on any atom is 0.272 e. The molecule has 2 bridgehead atoms. The molecule has 0 saturated carbocycles. The van der Waals surface area contributed by atoms with E-state index < -0.39 is 0 Å². The first-order chi connectivity index (χ1) is 14.0. The smallest absolute Gasteiger partial charge is 0.272 e. The van der Waals surface area contributed by atoms with Gasteiger partial charge in [0.1, 0.15) is 0 Å². The number of carbonyl (C=O) groups excluding carboxylic acids is 1. The maximum absolute atomic E-state index is 12.9. The summed E-state index contributed by atoms with van der Waals surface area (Å²) in [5.41, 5.74) is 4.05. The van der Waals surface area contributed by atoms with E-state index in [9.17, 15) is 4.79 Å². The van der Waals surface area contributed by atoms with Crippen molar-refractivity contribution in [2.75, 3.05) is 7.05 Å². The summed E-state index contributed by atoms with van der Waals surface area (Å²) in [5, 5.41) is 12.2. The Hall–Kier alpha value is -2.74. The van der Waals surface area contributed by atoms with Gasteiger partial charge in [0, 0.05) is 48.2 Å². The highest BCUT2D eigenvalue weighted by atomic mass is 16.2. The van der Waals surface area contributed by atoms with Crippen LogP contribution in [0.25, 0.3) is 16.9 Å². The molecule has 2 aliphatic rings. The van der Waals surface area contributed by atoms with Crippen molar-refractivity contribution in [3.8, 4) is 11.3 Å². The fourth-order valence-electron chi connectivity index (χ4n) is 5.02. The Balaban J connectivity index is 1.41. The molecule has 0 spiro atoms. The summed E-state index contributed by atoms with van der Waals surface area (Å²) in [6.45, 7) is 4.92. The van der Waals surface area contributed by atoms with Crippen LogP contribution in [-0.2, 0) is 6.54 Å². The van der Waals surface area contributed by atoms with E-state index in [2.05, 4.69) is 39.4 Å². The molecule has 5 heterocycles. The van der Waals surface area contributed by atoms with Crippen LogP contribution in [0.1, 0.15) is 48.8 Å². The van der Waals surface area contributed by atoms with Crippen molar-refractivity contribution >= 4 is 11.6 Å². The van der Waals surface area contributed by atoms with Gasteiger partial charge in [-0.25, -0.2) is 9.50 Å². The number of carbonyl (C=O) groups is 1. The third-order valence-electron chi connectivity index (χ3n) is 6.70. The molecule has 2 fully saturated rings. The molecule has 0 aliphatic carbocycles. The molecule has 0 radical (unpaired) electrons. The van der Waals surface area contributed by atoms with E-state index in [1.54, 1.807) is 16.8 Å². The third kappa shape index (κ3) is 3.02. The van der Waals surface area contributed by atoms with Gasteiger partial charge in [-0.2, -0.15) is 10.2 Å². The van der Waals surface area contributed by atoms with Crippen LogP contribution in [0.15, 0.2) is 24.5 Å². The quantitative estimate of drug-likeness (QED) is 0.736. The Kier molecular flexibility index (Phi) is 4.38. The highest BCUT2D eigenvalue weighted by Crippen LogP contribution is 2.34. The Morgan fingerprint density at radius 3 is 2.72 bits per heavy atom. The summed E-state index contributed by atoms with van der Waals surface area (Å²) in [5.74, 6) is -0.114. The Labute approximate surface area is 169 Å². The van der Waals surface area contributed by atoms with Gasteiger partial charge in [-0.3, -0.25) is 9.48 Å². The number of aryl methyl sites for hydroxylation is 1. The van der Waals surface area contributed by atoms with Crippen LogP contribution >= 0.6 is 0 Å². The van der Waals surface area contributed by atoms with Crippen LogP contribution in [0.4, 0.5) is 0 Å². The molecule has 5 rings (SSSR count). The zero-order valence-corrected chi connectivity index (χ0v) is 17.2. The van der Waals surface area contributed by atoms with Crippen molar-refractivity contribution < 1.29 is 4.79 Å². The van der Waals surface area contributed by atoms with Gasteiger partial charge in [0.15, 0.2) is 11.3 Å². The molecule has 29 heavy (non-hydrogen) atoms.